The first kappa shape index (κ1) is 20.3. The van der Waals surface area contributed by atoms with E-state index >= 15 is 0 Å². The zero-order chi connectivity index (χ0) is 20.0. The molecule has 0 aromatic heterocycles. The van der Waals surface area contributed by atoms with E-state index in [0.29, 0.717) is 19.2 Å². The Morgan fingerprint density at radius 3 is 2.52 bits per heavy atom. The molecule has 2 rings (SSSR count). The average Bonchev–Trinajstić information content (AvgIpc) is 3.15. The molecule has 0 saturated carbocycles. The molecule has 2 amide bonds. The molecule has 1 fully saturated rings. The number of amides is 2. The second-order valence-electron chi connectivity index (χ2n) is 5.75. The second-order valence-corrected chi connectivity index (χ2v) is 5.75. The van der Waals surface area contributed by atoms with Gasteiger partial charge < -0.3 is 19.7 Å². The van der Waals surface area contributed by atoms with E-state index in [1.54, 1.807) is 4.90 Å². The van der Waals surface area contributed by atoms with E-state index in [-0.39, 0.29) is 30.2 Å². The van der Waals surface area contributed by atoms with E-state index in [4.69, 9.17) is 4.74 Å². The number of likely N-dealkylation sites (tertiary alicyclic amines) is 1. The highest BCUT2D eigenvalue weighted by molar-refractivity contribution is 5.99. The van der Waals surface area contributed by atoms with E-state index in [9.17, 15) is 28.5 Å². The molecule has 9 nitrogen and oxygen atoms in total. The third kappa shape index (κ3) is 5.25. The fourth-order valence-corrected chi connectivity index (χ4v) is 2.73. The van der Waals surface area contributed by atoms with Gasteiger partial charge in [0.25, 0.3) is 11.6 Å². The van der Waals surface area contributed by atoms with Crippen LogP contribution < -0.4 is 14.8 Å². The number of carbonyl (C=O) groups excluding carboxylic acids is 2. The van der Waals surface area contributed by atoms with Gasteiger partial charge in [-0.25, -0.2) is 0 Å². The molecule has 0 bridgehead atoms. The second kappa shape index (κ2) is 9.10. The summed E-state index contributed by atoms with van der Waals surface area (Å²) in [6, 6.07) is 1.66. The fourth-order valence-electron chi connectivity index (χ4n) is 2.73. The van der Waals surface area contributed by atoms with Crippen molar-refractivity contribution in [3.8, 4) is 11.5 Å². The van der Waals surface area contributed by atoms with E-state index in [0.717, 1.165) is 26.0 Å². The molecule has 0 atom stereocenters. The Kier molecular flexibility index (Phi) is 6.85. The van der Waals surface area contributed by atoms with Gasteiger partial charge in [-0.1, -0.05) is 0 Å². The van der Waals surface area contributed by atoms with Crippen molar-refractivity contribution >= 4 is 17.5 Å². The zero-order valence-electron chi connectivity index (χ0n) is 14.6. The van der Waals surface area contributed by atoms with Crippen LogP contribution >= 0.6 is 0 Å². The third-order valence-electron chi connectivity index (χ3n) is 4.02. The number of benzene rings is 1. The molecule has 11 heteroatoms. The molecule has 0 aliphatic carbocycles. The summed E-state index contributed by atoms with van der Waals surface area (Å²) in [4.78, 5) is 36.2. The number of ether oxygens (including phenoxy) is 2. The van der Waals surface area contributed by atoms with Crippen molar-refractivity contribution in [2.24, 2.45) is 0 Å². The lowest BCUT2D eigenvalue weighted by atomic mass is 10.1. The molecule has 27 heavy (non-hydrogen) atoms. The first-order valence-electron chi connectivity index (χ1n) is 8.20. The molecular weight excluding hydrogens is 368 g/mol. The van der Waals surface area contributed by atoms with E-state index in [1.165, 1.54) is 0 Å². The molecule has 1 aromatic rings. The summed E-state index contributed by atoms with van der Waals surface area (Å²) in [5.74, 6) is -1.74. The van der Waals surface area contributed by atoms with Crippen molar-refractivity contribution in [1.82, 2.24) is 10.2 Å². The van der Waals surface area contributed by atoms with Crippen molar-refractivity contribution in [3.05, 3.63) is 27.8 Å². The van der Waals surface area contributed by atoms with Crippen LogP contribution in [0.2, 0.25) is 0 Å². The summed E-state index contributed by atoms with van der Waals surface area (Å²) in [6.45, 7) is -1.86. The number of rotatable bonds is 8. The number of halogens is 2. The molecule has 0 spiro atoms. The smallest absolute Gasteiger partial charge is 0.387 e. The van der Waals surface area contributed by atoms with Gasteiger partial charge >= 0.3 is 6.61 Å². The maximum atomic E-state index is 12.4. The predicted octanol–water partition coefficient (Wildman–Crippen LogP) is 1.95. The number of nitrogens with zero attached hydrogens (tertiary/aromatic N) is 2. The van der Waals surface area contributed by atoms with Crippen LogP contribution in [0.5, 0.6) is 11.5 Å². The van der Waals surface area contributed by atoms with Crippen LogP contribution in [0, 0.1) is 10.1 Å². The van der Waals surface area contributed by atoms with Gasteiger partial charge in [-0.3, -0.25) is 19.7 Å². The summed E-state index contributed by atoms with van der Waals surface area (Å²) >= 11 is 0. The van der Waals surface area contributed by atoms with E-state index in [2.05, 4.69) is 10.1 Å². The van der Waals surface area contributed by atoms with Crippen LogP contribution in [0.1, 0.15) is 29.6 Å². The minimum atomic E-state index is -3.21. The largest absolute Gasteiger partial charge is 0.493 e. The zero-order valence-corrected chi connectivity index (χ0v) is 14.6. The highest BCUT2D eigenvalue weighted by atomic mass is 19.3. The van der Waals surface area contributed by atoms with Gasteiger partial charge in [0, 0.05) is 32.1 Å². The van der Waals surface area contributed by atoms with Gasteiger partial charge in [-0.2, -0.15) is 8.78 Å². The lowest BCUT2D eigenvalue weighted by Crippen LogP contribution is -2.32. The number of hydrogen-bond acceptors (Lipinski definition) is 6. The Morgan fingerprint density at radius 2 is 1.96 bits per heavy atom. The highest BCUT2D eigenvalue weighted by Gasteiger charge is 2.26. The highest BCUT2D eigenvalue weighted by Crippen LogP contribution is 2.35. The first-order valence-corrected chi connectivity index (χ1v) is 8.20. The summed E-state index contributed by atoms with van der Waals surface area (Å²) < 4.78 is 33.9. The Bertz CT molecular complexity index is 722. The number of carbonyl (C=O) groups is 2. The summed E-state index contributed by atoms with van der Waals surface area (Å²) in [5.41, 5.74) is -1.10. The monoisotopic (exact) mass is 387 g/mol. The van der Waals surface area contributed by atoms with Crippen molar-refractivity contribution < 1.29 is 32.8 Å². The molecule has 0 radical (unpaired) electrons. The predicted molar refractivity (Wildman–Crippen MR) is 89.0 cm³/mol. The summed E-state index contributed by atoms with van der Waals surface area (Å²) in [6.07, 6.45) is 1.94. The maximum absolute atomic E-state index is 12.4. The first-order chi connectivity index (χ1) is 12.8. The van der Waals surface area contributed by atoms with Gasteiger partial charge in [-0.15, -0.1) is 0 Å². The molecule has 1 N–H and O–H groups in total. The average molecular weight is 387 g/mol. The molecule has 1 aliphatic rings. The third-order valence-corrected chi connectivity index (χ3v) is 4.02. The van der Waals surface area contributed by atoms with Crippen LogP contribution in [-0.2, 0) is 4.79 Å². The molecule has 0 unspecified atom stereocenters. The Morgan fingerprint density at radius 1 is 1.30 bits per heavy atom. The summed E-state index contributed by atoms with van der Waals surface area (Å²) in [5, 5.41) is 13.6. The van der Waals surface area contributed by atoms with Crippen molar-refractivity contribution in [2.75, 3.05) is 26.7 Å². The number of nitrogens with one attached hydrogen (secondary N) is 1. The normalized spacial score (nSPS) is 13.6. The quantitative estimate of drug-likeness (QED) is 0.539. The molecular formula is C16H19F2N3O6. The van der Waals surface area contributed by atoms with E-state index in [1.807, 2.05) is 0 Å². The van der Waals surface area contributed by atoms with Crippen LogP contribution in [0.25, 0.3) is 0 Å². The minimum absolute atomic E-state index is 0.0110. The van der Waals surface area contributed by atoms with Gasteiger partial charge in [0.2, 0.25) is 5.91 Å². The fraction of sp³-hybridized carbons (Fsp3) is 0.500. The molecule has 1 aliphatic heterocycles. The summed E-state index contributed by atoms with van der Waals surface area (Å²) in [7, 11) is 1.15. The molecule has 1 heterocycles. The van der Waals surface area contributed by atoms with Gasteiger partial charge in [0.1, 0.15) is 5.56 Å². The molecule has 1 aromatic carbocycles. The molecule has 148 valence electrons. The number of nitro benzene ring substituents is 1. The lowest BCUT2D eigenvalue weighted by Gasteiger charge is -2.15. The standard InChI is InChI=1S/C16H19F2N3O6/c1-26-12-8-10(11(21(24)25)9-13(12)27-16(17)18)15(23)19-5-4-14(22)20-6-2-3-7-20/h8-9,16H,2-7H2,1H3,(H,19,23). The lowest BCUT2D eigenvalue weighted by molar-refractivity contribution is -0.385. The van der Waals surface area contributed by atoms with Crippen molar-refractivity contribution in [2.45, 2.75) is 25.9 Å². The van der Waals surface area contributed by atoms with Gasteiger partial charge in [-0.05, 0) is 12.8 Å². The van der Waals surface area contributed by atoms with Gasteiger partial charge in [0.05, 0.1) is 18.1 Å². The van der Waals surface area contributed by atoms with Crippen LogP contribution in [0.4, 0.5) is 14.5 Å². The van der Waals surface area contributed by atoms with Crippen LogP contribution in [0.3, 0.4) is 0 Å². The van der Waals surface area contributed by atoms with Crippen LogP contribution in [0.15, 0.2) is 12.1 Å². The Balaban J connectivity index is 2.11. The Hall–Kier alpha value is -2.98. The Labute approximate surface area is 153 Å². The number of alkyl halides is 2. The van der Waals surface area contributed by atoms with Crippen molar-refractivity contribution in [3.63, 3.8) is 0 Å². The topological polar surface area (TPSA) is 111 Å². The SMILES string of the molecule is COc1cc(C(=O)NCCC(=O)N2CCCC2)c([N+](=O)[O-])cc1OC(F)F. The number of nitro groups is 1. The van der Waals surface area contributed by atoms with E-state index < -0.39 is 28.9 Å². The molecule has 1 saturated heterocycles. The number of methoxy groups -OCH3 is 1. The van der Waals surface area contributed by atoms with Crippen molar-refractivity contribution in [1.29, 1.82) is 0 Å². The van der Waals surface area contributed by atoms with Crippen LogP contribution in [-0.4, -0.2) is 55.0 Å². The van der Waals surface area contributed by atoms with Gasteiger partial charge in [0.15, 0.2) is 11.5 Å². The maximum Gasteiger partial charge on any atom is 0.387 e. The number of hydrogen-bond donors (Lipinski definition) is 1. The minimum Gasteiger partial charge on any atom is -0.493 e.